The monoisotopic (exact) mass is 233 g/mol. The summed E-state index contributed by atoms with van der Waals surface area (Å²) in [7, 11) is 1.15. The van der Waals surface area contributed by atoms with Crippen molar-refractivity contribution in [1.29, 1.82) is 0 Å². The van der Waals surface area contributed by atoms with Gasteiger partial charge in [-0.1, -0.05) is 5.10 Å². The van der Waals surface area contributed by atoms with E-state index < -0.39 is 26.4 Å². The Labute approximate surface area is 85.1 Å². The van der Waals surface area contributed by atoms with E-state index >= 15 is 0 Å². The highest BCUT2D eigenvalue weighted by Gasteiger charge is 2.77. The fourth-order valence-corrected chi connectivity index (χ4v) is 0.863. The Kier molecular flexibility index (Phi) is 2.44. The van der Waals surface area contributed by atoms with E-state index in [9.17, 15) is 30.3 Å². The summed E-state index contributed by atoms with van der Waals surface area (Å²) >= 11 is 0. The van der Waals surface area contributed by atoms with E-state index in [0.717, 1.165) is 7.05 Å². The van der Waals surface area contributed by atoms with Crippen LogP contribution in [0, 0.1) is 30.3 Å². The largest absolute Gasteiger partial charge is 0.766 e. The smallest absolute Gasteiger partial charge is 0.252 e. The second kappa shape index (κ2) is 3.44. The molecule has 16 heavy (non-hydrogen) atoms. The summed E-state index contributed by atoms with van der Waals surface area (Å²) in [6, 6.07) is 0. The number of nitrogens with zero attached hydrogens (tertiary/aromatic N) is 7. The number of tetrazole rings is 1. The summed E-state index contributed by atoms with van der Waals surface area (Å²) in [5.74, 6) is -5.04. The van der Waals surface area contributed by atoms with Gasteiger partial charge < -0.3 is 0 Å². The summed E-state index contributed by atoms with van der Waals surface area (Å²) in [5, 5.41) is 40.7. The van der Waals surface area contributed by atoms with Crippen LogP contribution in [-0.4, -0.2) is 35.0 Å². The van der Waals surface area contributed by atoms with Gasteiger partial charge in [-0.15, -0.1) is 5.10 Å². The Morgan fingerprint density at radius 3 is 1.81 bits per heavy atom. The lowest BCUT2D eigenvalue weighted by Gasteiger charge is -2.03. The highest BCUT2D eigenvalue weighted by atomic mass is 16.7. The van der Waals surface area contributed by atoms with Crippen molar-refractivity contribution in [1.82, 2.24) is 20.2 Å². The number of aromatic nitrogens is 4. The van der Waals surface area contributed by atoms with Crippen LogP contribution in [0.4, 0.5) is 0 Å². The zero-order chi connectivity index (χ0) is 12.5. The normalized spacial score (nSPS) is 11.1. The van der Waals surface area contributed by atoms with E-state index in [4.69, 9.17) is 0 Å². The van der Waals surface area contributed by atoms with Crippen LogP contribution >= 0.6 is 0 Å². The molecule has 1 rings (SSSR count). The maximum absolute atomic E-state index is 10.5. The molecule has 0 unspecified atom stereocenters. The van der Waals surface area contributed by atoms with Gasteiger partial charge in [-0.3, -0.25) is 30.3 Å². The quantitative estimate of drug-likeness (QED) is 0.328. The molecular weight excluding hydrogens is 230 g/mol. The van der Waals surface area contributed by atoms with Gasteiger partial charge in [0.25, 0.3) is 0 Å². The summed E-state index contributed by atoms with van der Waals surface area (Å²) < 4.78 is 0. The molecule has 1 aromatic rings. The highest BCUT2D eigenvalue weighted by molar-refractivity contribution is 4.83. The molecule has 86 valence electrons. The molecule has 13 heteroatoms. The third-order valence-corrected chi connectivity index (χ3v) is 1.57. The van der Waals surface area contributed by atoms with Crippen LogP contribution in [0.15, 0.2) is 0 Å². The van der Waals surface area contributed by atoms with Crippen molar-refractivity contribution in [2.45, 2.75) is 5.79 Å². The lowest BCUT2D eigenvalue weighted by molar-refractivity contribution is -0.987. The first kappa shape index (κ1) is 11.3. The van der Waals surface area contributed by atoms with Crippen LogP contribution in [0.25, 0.3) is 0 Å². The second-order valence-electron chi connectivity index (χ2n) is 2.51. The van der Waals surface area contributed by atoms with Crippen LogP contribution in [0.1, 0.15) is 5.82 Å². The van der Waals surface area contributed by atoms with E-state index in [0.29, 0.717) is 4.80 Å². The van der Waals surface area contributed by atoms with Gasteiger partial charge in [0.15, 0.2) is 14.8 Å². The SMILES string of the molecule is Cn1nnc(C([N+](=O)[O-])([N+](=O)[O-])[N+](=O)[O-])n1. The van der Waals surface area contributed by atoms with Crippen molar-refractivity contribution in [3.05, 3.63) is 36.2 Å². The first-order valence-electron chi connectivity index (χ1n) is 3.51. The molecular formula is C3H3N7O6. The topological polar surface area (TPSA) is 173 Å². The number of nitro groups is 3. The number of hydrogen-bond donors (Lipinski definition) is 0. The Morgan fingerprint density at radius 1 is 1.12 bits per heavy atom. The molecule has 13 nitrogen and oxygen atoms in total. The predicted molar refractivity (Wildman–Crippen MR) is 41.5 cm³/mol. The molecule has 1 heterocycles. The Bertz CT molecular complexity index is 428. The number of rotatable bonds is 4. The van der Waals surface area contributed by atoms with E-state index in [1.54, 1.807) is 0 Å². The minimum Gasteiger partial charge on any atom is -0.252 e. The van der Waals surface area contributed by atoms with Gasteiger partial charge in [-0.25, -0.2) is 0 Å². The van der Waals surface area contributed by atoms with Crippen LogP contribution in [0.3, 0.4) is 0 Å². The molecule has 0 bridgehead atoms. The molecule has 1 aromatic heterocycles. The van der Waals surface area contributed by atoms with Gasteiger partial charge in [0.1, 0.15) is 0 Å². The summed E-state index contributed by atoms with van der Waals surface area (Å²) in [6.45, 7) is 0. The summed E-state index contributed by atoms with van der Waals surface area (Å²) in [4.78, 5) is 27.1. The molecule has 0 saturated carbocycles. The lowest BCUT2D eigenvalue weighted by atomic mass is 10.3. The number of aryl methyl sites for hydroxylation is 1. The van der Waals surface area contributed by atoms with Crippen molar-refractivity contribution >= 4 is 0 Å². The first-order valence-corrected chi connectivity index (χ1v) is 3.51. The molecule has 0 aromatic carbocycles. The average Bonchev–Trinajstić information content (AvgIpc) is 2.50. The molecule has 0 saturated heterocycles. The van der Waals surface area contributed by atoms with Crippen LogP contribution in [0.5, 0.6) is 0 Å². The average molecular weight is 233 g/mol. The Balaban J connectivity index is 3.51. The minimum atomic E-state index is -3.83. The van der Waals surface area contributed by atoms with E-state index in [2.05, 4.69) is 15.4 Å². The fraction of sp³-hybridized carbons (Fsp3) is 0.667. The standard InChI is InChI=1S/C3H3N7O6/c1-7-5-2(4-6-7)3(8(11)12,9(13)14)10(15)16/h1H3. The third kappa shape index (κ3) is 1.30. The maximum atomic E-state index is 10.5. The first-order chi connectivity index (χ1) is 7.33. The van der Waals surface area contributed by atoms with Crippen LogP contribution in [0.2, 0.25) is 0 Å². The van der Waals surface area contributed by atoms with E-state index in [1.807, 2.05) is 0 Å². The maximum Gasteiger partial charge on any atom is 0.766 e. The minimum absolute atomic E-state index is 0.639. The van der Waals surface area contributed by atoms with Crippen molar-refractivity contribution in [2.75, 3.05) is 0 Å². The summed E-state index contributed by atoms with van der Waals surface area (Å²) in [6.07, 6.45) is 0. The highest BCUT2D eigenvalue weighted by Crippen LogP contribution is 2.22. The third-order valence-electron chi connectivity index (χ3n) is 1.57. The number of hydrogen-bond acceptors (Lipinski definition) is 9. The van der Waals surface area contributed by atoms with Gasteiger partial charge >= 0.3 is 11.6 Å². The summed E-state index contributed by atoms with van der Waals surface area (Å²) in [5.41, 5.74) is 0. The Morgan fingerprint density at radius 2 is 1.56 bits per heavy atom. The predicted octanol–water partition coefficient (Wildman–Crippen LogP) is -1.85. The lowest BCUT2D eigenvalue weighted by Crippen LogP contribution is -2.51. The molecule has 0 radical (unpaired) electrons. The van der Waals surface area contributed by atoms with Crippen molar-refractivity contribution < 1.29 is 14.8 Å². The van der Waals surface area contributed by atoms with Gasteiger partial charge in [0, 0.05) is 0 Å². The van der Waals surface area contributed by atoms with Gasteiger partial charge in [0.05, 0.1) is 7.05 Å². The van der Waals surface area contributed by atoms with Gasteiger partial charge in [0.2, 0.25) is 0 Å². The molecule has 0 aliphatic heterocycles. The van der Waals surface area contributed by atoms with Gasteiger partial charge in [-0.2, -0.15) is 4.80 Å². The molecule has 0 spiro atoms. The molecule has 0 amide bonds. The Hall–Kier alpha value is -2.73. The van der Waals surface area contributed by atoms with Crippen LogP contribution < -0.4 is 0 Å². The van der Waals surface area contributed by atoms with E-state index in [-0.39, 0.29) is 0 Å². The van der Waals surface area contributed by atoms with Crippen molar-refractivity contribution in [2.24, 2.45) is 7.05 Å². The zero-order valence-corrected chi connectivity index (χ0v) is 7.58. The van der Waals surface area contributed by atoms with Crippen molar-refractivity contribution in [3.63, 3.8) is 0 Å². The zero-order valence-electron chi connectivity index (χ0n) is 7.58. The second-order valence-corrected chi connectivity index (χ2v) is 2.51. The van der Waals surface area contributed by atoms with Crippen LogP contribution in [-0.2, 0) is 12.8 Å². The fourth-order valence-electron chi connectivity index (χ4n) is 0.863. The molecule has 0 aliphatic carbocycles. The van der Waals surface area contributed by atoms with Gasteiger partial charge in [-0.05, 0) is 5.21 Å². The molecule has 0 atom stereocenters. The van der Waals surface area contributed by atoms with E-state index in [1.165, 1.54) is 0 Å². The molecule has 0 fully saturated rings. The molecule has 0 N–H and O–H groups in total. The molecule has 0 aliphatic rings. The van der Waals surface area contributed by atoms with Crippen molar-refractivity contribution in [3.8, 4) is 0 Å².